The normalized spacial score (nSPS) is 12.2. The van der Waals surface area contributed by atoms with Crippen LogP contribution in [-0.2, 0) is 4.74 Å². The highest BCUT2D eigenvalue weighted by atomic mass is 19.1. The molecule has 0 saturated heterocycles. The molecule has 0 aromatic heterocycles. The van der Waals surface area contributed by atoms with Crippen LogP contribution in [0.15, 0.2) is 36.4 Å². The van der Waals surface area contributed by atoms with E-state index in [0.29, 0.717) is 36.2 Å². The van der Waals surface area contributed by atoms with E-state index in [2.05, 4.69) is 5.32 Å². The van der Waals surface area contributed by atoms with Gasteiger partial charge in [0.15, 0.2) is 0 Å². The Morgan fingerprint density at radius 1 is 0.897 bits per heavy atom. The molecule has 8 nitrogen and oxygen atoms in total. The molecule has 0 bridgehead atoms. The largest absolute Gasteiger partial charge is 0.396 e. The lowest BCUT2D eigenvalue weighted by Gasteiger charge is -2.22. The molecule has 0 saturated carbocycles. The van der Waals surface area contributed by atoms with E-state index in [-0.39, 0.29) is 32.3 Å². The minimum absolute atomic E-state index is 0.00958. The topological polar surface area (TPSA) is 119 Å². The summed E-state index contributed by atoms with van der Waals surface area (Å²) in [6.07, 6.45) is -0.195. The van der Waals surface area contributed by atoms with E-state index in [0.717, 1.165) is 24.5 Å². The van der Waals surface area contributed by atoms with Gasteiger partial charge in [-0.2, -0.15) is 0 Å². The van der Waals surface area contributed by atoms with Gasteiger partial charge in [0, 0.05) is 50.0 Å². The summed E-state index contributed by atoms with van der Waals surface area (Å²) in [6.45, 7) is 8.84. The Morgan fingerprint density at radius 2 is 1.46 bits per heavy atom. The fourth-order valence-corrected chi connectivity index (χ4v) is 3.68. The van der Waals surface area contributed by atoms with Crippen molar-refractivity contribution in [1.82, 2.24) is 10.2 Å². The van der Waals surface area contributed by atoms with Crippen LogP contribution < -0.4 is 5.32 Å². The Morgan fingerprint density at radius 3 is 2.00 bits per heavy atom. The van der Waals surface area contributed by atoms with Crippen molar-refractivity contribution in [2.24, 2.45) is 0 Å². The summed E-state index contributed by atoms with van der Waals surface area (Å²) in [7, 11) is 0. The second-order valence-corrected chi connectivity index (χ2v) is 9.32. The first-order valence-corrected chi connectivity index (χ1v) is 13.2. The van der Waals surface area contributed by atoms with Gasteiger partial charge in [0.2, 0.25) is 0 Å². The molecule has 39 heavy (non-hydrogen) atoms. The molecule has 2 aromatic rings. The molecule has 2 atom stereocenters. The van der Waals surface area contributed by atoms with Gasteiger partial charge in [-0.05, 0) is 74.6 Å². The molecular weight excluding hydrogens is 510 g/mol. The number of amides is 2. The summed E-state index contributed by atoms with van der Waals surface area (Å²) in [5, 5.41) is 31.2. The molecule has 2 rings (SSSR count). The lowest BCUT2D eigenvalue weighted by Crippen LogP contribution is -2.41. The standard InChI is InChI=1S/C22H36N2O6.C7H6F2/c1-4-7-24(8-5-2)22(29)18-12-16(3)11-17(13-18)21(28)23-14-19(26)20(27)15-30-10-6-9-25;1-5-2-6(8)4-7(9)3-5/h11-13,19-20,25-27H,4-10,14-15H2,1-3H3,(H,23,28);2-4H,1H3. The number of benzene rings is 2. The molecule has 2 amide bonds. The van der Waals surface area contributed by atoms with Gasteiger partial charge in [-0.15, -0.1) is 0 Å². The second-order valence-electron chi connectivity index (χ2n) is 9.32. The summed E-state index contributed by atoms with van der Waals surface area (Å²) < 4.78 is 29.5. The molecule has 0 spiro atoms. The number of aliphatic hydroxyl groups excluding tert-OH is 3. The fourth-order valence-electron chi connectivity index (χ4n) is 3.68. The summed E-state index contributed by atoms with van der Waals surface area (Å²) in [5.41, 5.74) is 2.18. The van der Waals surface area contributed by atoms with Crippen LogP contribution in [0.5, 0.6) is 0 Å². The molecule has 0 aliphatic rings. The van der Waals surface area contributed by atoms with Gasteiger partial charge < -0.3 is 30.3 Å². The van der Waals surface area contributed by atoms with Crippen LogP contribution in [0.1, 0.15) is 65.0 Å². The first-order valence-electron chi connectivity index (χ1n) is 13.2. The van der Waals surface area contributed by atoms with E-state index in [1.165, 1.54) is 12.1 Å². The number of nitrogens with zero attached hydrogens (tertiary/aromatic N) is 1. The lowest BCUT2D eigenvalue weighted by atomic mass is 10.0. The zero-order valence-electron chi connectivity index (χ0n) is 23.3. The third-order valence-electron chi connectivity index (χ3n) is 5.52. The zero-order valence-corrected chi connectivity index (χ0v) is 23.3. The summed E-state index contributed by atoms with van der Waals surface area (Å²) in [4.78, 5) is 27.2. The van der Waals surface area contributed by atoms with Crippen LogP contribution in [0.2, 0.25) is 0 Å². The number of rotatable bonds is 14. The summed E-state index contributed by atoms with van der Waals surface area (Å²) in [6, 6.07) is 8.42. The molecule has 2 aromatic carbocycles. The first kappa shape index (κ1) is 34.1. The van der Waals surface area contributed by atoms with Gasteiger partial charge in [0.05, 0.1) is 12.7 Å². The zero-order chi connectivity index (χ0) is 29.4. The van der Waals surface area contributed by atoms with E-state index >= 15 is 0 Å². The van der Waals surface area contributed by atoms with Crippen molar-refractivity contribution in [2.45, 2.75) is 59.2 Å². The number of carbonyl (C=O) groups excluding carboxylic acids is 2. The minimum atomic E-state index is -1.20. The van der Waals surface area contributed by atoms with Gasteiger partial charge >= 0.3 is 0 Å². The molecule has 10 heteroatoms. The van der Waals surface area contributed by atoms with Crippen LogP contribution in [0.4, 0.5) is 8.78 Å². The smallest absolute Gasteiger partial charge is 0.253 e. The highest BCUT2D eigenvalue weighted by molar-refractivity contribution is 6.00. The highest BCUT2D eigenvalue weighted by Gasteiger charge is 2.20. The third-order valence-corrected chi connectivity index (χ3v) is 5.52. The number of nitrogens with one attached hydrogen (secondary N) is 1. The molecule has 2 unspecified atom stereocenters. The molecule has 0 heterocycles. The van der Waals surface area contributed by atoms with Crippen molar-refractivity contribution in [2.75, 3.05) is 39.5 Å². The summed E-state index contributed by atoms with van der Waals surface area (Å²) >= 11 is 0. The number of halogens is 2. The average molecular weight is 553 g/mol. The second kappa shape index (κ2) is 18.4. The Hall–Kier alpha value is -2.92. The van der Waals surface area contributed by atoms with Gasteiger partial charge in [-0.3, -0.25) is 9.59 Å². The Bertz CT molecular complexity index is 980. The van der Waals surface area contributed by atoms with Crippen LogP contribution in [0.25, 0.3) is 0 Å². The number of aryl methyl sites for hydroxylation is 2. The van der Waals surface area contributed by atoms with Crippen molar-refractivity contribution in [1.29, 1.82) is 0 Å². The number of ether oxygens (including phenoxy) is 1. The van der Waals surface area contributed by atoms with E-state index < -0.39 is 29.7 Å². The Labute approximate surface area is 229 Å². The molecule has 0 radical (unpaired) electrons. The van der Waals surface area contributed by atoms with Crippen molar-refractivity contribution in [3.63, 3.8) is 0 Å². The Kier molecular flexibility index (Phi) is 16.1. The van der Waals surface area contributed by atoms with Crippen LogP contribution >= 0.6 is 0 Å². The maximum atomic E-state index is 12.8. The number of aliphatic hydroxyl groups is 3. The number of hydrogen-bond donors (Lipinski definition) is 4. The highest BCUT2D eigenvalue weighted by Crippen LogP contribution is 2.14. The monoisotopic (exact) mass is 552 g/mol. The van der Waals surface area contributed by atoms with Crippen LogP contribution in [-0.4, -0.2) is 83.7 Å². The van der Waals surface area contributed by atoms with Crippen molar-refractivity contribution in [3.8, 4) is 0 Å². The minimum Gasteiger partial charge on any atom is -0.396 e. The molecule has 4 N–H and O–H groups in total. The van der Waals surface area contributed by atoms with Crippen LogP contribution in [0.3, 0.4) is 0 Å². The molecule has 0 fully saturated rings. The van der Waals surface area contributed by atoms with E-state index in [9.17, 15) is 28.6 Å². The van der Waals surface area contributed by atoms with Gasteiger partial charge in [0.1, 0.15) is 17.7 Å². The molecule has 0 aliphatic heterocycles. The maximum absolute atomic E-state index is 12.8. The van der Waals surface area contributed by atoms with E-state index in [1.807, 2.05) is 20.8 Å². The van der Waals surface area contributed by atoms with Gasteiger partial charge in [-0.1, -0.05) is 13.8 Å². The lowest BCUT2D eigenvalue weighted by molar-refractivity contribution is -0.0379. The number of carbonyl (C=O) groups is 2. The average Bonchev–Trinajstić information content (AvgIpc) is 2.88. The van der Waals surface area contributed by atoms with Crippen LogP contribution in [0, 0.1) is 25.5 Å². The quantitative estimate of drug-likeness (QED) is 0.267. The molecule has 0 aliphatic carbocycles. The van der Waals surface area contributed by atoms with E-state index in [1.54, 1.807) is 30.0 Å². The van der Waals surface area contributed by atoms with Crippen molar-refractivity contribution < 1.29 is 38.4 Å². The summed E-state index contributed by atoms with van der Waals surface area (Å²) in [5.74, 6) is -1.58. The van der Waals surface area contributed by atoms with E-state index in [4.69, 9.17) is 9.84 Å². The predicted octanol–water partition coefficient (Wildman–Crippen LogP) is 3.38. The van der Waals surface area contributed by atoms with Gasteiger partial charge in [-0.25, -0.2) is 8.78 Å². The van der Waals surface area contributed by atoms with Crippen molar-refractivity contribution >= 4 is 11.8 Å². The molecular formula is C29H42F2N2O6. The fraction of sp³-hybridized carbons (Fsp3) is 0.517. The third kappa shape index (κ3) is 13.1. The first-order chi connectivity index (χ1) is 18.5. The SMILES string of the molecule is CCCN(CCC)C(=O)c1cc(C)cc(C(=O)NCC(O)C(O)COCCCO)c1.Cc1cc(F)cc(F)c1. The van der Waals surface area contributed by atoms with Gasteiger partial charge in [0.25, 0.3) is 11.8 Å². The van der Waals surface area contributed by atoms with Crippen molar-refractivity contribution in [3.05, 3.63) is 70.3 Å². The Balaban J connectivity index is 0.000000708. The maximum Gasteiger partial charge on any atom is 0.253 e. The predicted molar refractivity (Wildman–Crippen MR) is 146 cm³/mol. The molecule has 218 valence electrons. The number of hydrogen-bond acceptors (Lipinski definition) is 6.